The summed E-state index contributed by atoms with van der Waals surface area (Å²) < 4.78 is 1.73. The zero-order chi connectivity index (χ0) is 11.4. The van der Waals surface area contributed by atoms with Gasteiger partial charge in [0.15, 0.2) is 5.82 Å². The molecule has 0 saturated heterocycles. The summed E-state index contributed by atoms with van der Waals surface area (Å²) >= 11 is 0. The minimum atomic E-state index is 0.549. The third-order valence-corrected chi connectivity index (χ3v) is 2.49. The van der Waals surface area contributed by atoms with Crippen LogP contribution in [-0.4, -0.2) is 26.8 Å². The molecule has 1 aromatic heterocycles. The number of tetrazole rings is 1. The standard InChI is InChI=1S/C11H15N5/c1-2-9-3-5-10(6-4-9)16-11(7-8-12)13-14-15-16/h3-6H,2,7-8,12H2,1H3. The summed E-state index contributed by atoms with van der Waals surface area (Å²) in [4.78, 5) is 0. The van der Waals surface area contributed by atoms with Gasteiger partial charge in [-0.15, -0.1) is 5.10 Å². The first kappa shape index (κ1) is 10.8. The van der Waals surface area contributed by atoms with Crippen molar-refractivity contribution in [2.45, 2.75) is 19.8 Å². The number of aromatic nitrogens is 4. The lowest BCUT2D eigenvalue weighted by atomic mass is 10.1. The van der Waals surface area contributed by atoms with E-state index in [2.05, 4.69) is 34.6 Å². The molecule has 0 aliphatic rings. The number of benzene rings is 1. The van der Waals surface area contributed by atoms with Crippen molar-refractivity contribution in [3.63, 3.8) is 0 Å². The summed E-state index contributed by atoms with van der Waals surface area (Å²) in [6.45, 7) is 2.68. The molecular formula is C11H15N5. The van der Waals surface area contributed by atoms with E-state index < -0.39 is 0 Å². The predicted octanol–water partition coefficient (Wildman–Crippen LogP) is 0.726. The summed E-state index contributed by atoms with van der Waals surface area (Å²) in [6.07, 6.45) is 1.72. The third kappa shape index (κ3) is 2.09. The quantitative estimate of drug-likeness (QED) is 0.819. The van der Waals surface area contributed by atoms with Gasteiger partial charge in [-0.2, -0.15) is 4.68 Å². The number of nitrogens with two attached hydrogens (primary N) is 1. The third-order valence-electron chi connectivity index (χ3n) is 2.49. The SMILES string of the molecule is CCc1ccc(-n2nnnc2CCN)cc1. The Morgan fingerprint density at radius 1 is 1.25 bits per heavy atom. The molecule has 0 atom stereocenters. The molecule has 5 nitrogen and oxygen atoms in total. The molecule has 0 bridgehead atoms. The average molecular weight is 217 g/mol. The van der Waals surface area contributed by atoms with Gasteiger partial charge in [-0.05, 0) is 41.1 Å². The highest BCUT2D eigenvalue weighted by atomic mass is 15.5. The first-order valence-electron chi connectivity index (χ1n) is 5.41. The molecule has 0 saturated carbocycles. The summed E-state index contributed by atoms with van der Waals surface area (Å²) in [7, 11) is 0. The van der Waals surface area contributed by atoms with Crippen LogP contribution in [0.3, 0.4) is 0 Å². The first-order chi connectivity index (χ1) is 7.85. The summed E-state index contributed by atoms with van der Waals surface area (Å²) in [5.41, 5.74) is 7.78. The van der Waals surface area contributed by atoms with Crippen LogP contribution in [0.15, 0.2) is 24.3 Å². The van der Waals surface area contributed by atoms with Gasteiger partial charge in [0.1, 0.15) is 0 Å². The van der Waals surface area contributed by atoms with Crippen LogP contribution in [0.2, 0.25) is 0 Å². The zero-order valence-electron chi connectivity index (χ0n) is 9.30. The highest BCUT2D eigenvalue weighted by Gasteiger charge is 2.06. The topological polar surface area (TPSA) is 69.6 Å². The molecule has 1 aromatic carbocycles. The van der Waals surface area contributed by atoms with Crippen molar-refractivity contribution in [1.29, 1.82) is 0 Å². The van der Waals surface area contributed by atoms with Crippen LogP contribution in [0.25, 0.3) is 5.69 Å². The van der Waals surface area contributed by atoms with E-state index in [0.717, 1.165) is 17.9 Å². The lowest BCUT2D eigenvalue weighted by Gasteiger charge is -2.04. The number of rotatable bonds is 4. The maximum atomic E-state index is 5.50. The Labute approximate surface area is 94.3 Å². The monoisotopic (exact) mass is 217 g/mol. The van der Waals surface area contributed by atoms with Crippen LogP contribution in [0.5, 0.6) is 0 Å². The summed E-state index contributed by atoms with van der Waals surface area (Å²) in [5, 5.41) is 11.6. The molecule has 0 unspecified atom stereocenters. The van der Waals surface area contributed by atoms with Gasteiger partial charge in [-0.3, -0.25) is 0 Å². The van der Waals surface area contributed by atoms with Crippen LogP contribution in [0.1, 0.15) is 18.3 Å². The van der Waals surface area contributed by atoms with Crippen molar-refractivity contribution in [3.05, 3.63) is 35.7 Å². The van der Waals surface area contributed by atoms with Crippen molar-refractivity contribution in [2.24, 2.45) is 5.73 Å². The lowest BCUT2D eigenvalue weighted by molar-refractivity contribution is 0.754. The highest BCUT2D eigenvalue weighted by molar-refractivity contribution is 5.34. The van der Waals surface area contributed by atoms with Crippen LogP contribution >= 0.6 is 0 Å². The lowest BCUT2D eigenvalue weighted by Crippen LogP contribution is -2.09. The second-order valence-corrected chi connectivity index (χ2v) is 3.57. The van der Waals surface area contributed by atoms with E-state index >= 15 is 0 Å². The van der Waals surface area contributed by atoms with Gasteiger partial charge >= 0.3 is 0 Å². The van der Waals surface area contributed by atoms with Gasteiger partial charge in [-0.25, -0.2) is 0 Å². The fraction of sp³-hybridized carbons (Fsp3) is 0.364. The average Bonchev–Trinajstić information content (AvgIpc) is 2.78. The number of nitrogens with zero attached hydrogens (tertiary/aromatic N) is 4. The fourth-order valence-electron chi connectivity index (χ4n) is 1.56. The molecule has 2 N–H and O–H groups in total. The minimum Gasteiger partial charge on any atom is -0.330 e. The Balaban J connectivity index is 2.31. The molecular weight excluding hydrogens is 202 g/mol. The Kier molecular flexibility index (Phi) is 3.26. The van der Waals surface area contributed by atoms with Crippen LogP contribution in [0, 0.1) is 0 Å². The van der Waals surface area contributed by atoms with Gasteiger partial charge < -0.3 is 5.73 Å². The normalized spacial score (nSPS) is 10.6. The van der Waals surface area contributed by atoms with Crippen molar-refractivity contribution in [1.82, 2.24) is 20.2 Å². The van der Waals surface area contributed by atoms with Crippen LogP contribution < -0.4 is 5.73 Å². The Hall–Kier alpha value is -1.75. The van der Waals surface area contributed by atoms with E-state index in [1.54, 1.807) is 4.68 Å². The van der Waals surface area contributed by atoms with Gasteiger partial charge in [0.05, 0.1) is 5.69 Å². The smallest absolute Gasteiger partial charge is 0.157 e. The highest BCUT2D eigenvalue weighted by Crippen LogP contribution is 2.10. The summed E-state index contributed by atoms with van der Waals surface area (Å²) in [5.74, 6) is 0.798. The van der Waals surface area contributed by atoms with E-state index in [1.165, 1.54) is 5.56 Å². The largest absolute Gasteiger partial charge is 0.330 e. The van der Waals surface area contributed by atoms with Gasteiger partial charge in [0, 0.05) is 6.42 Å². The molecule has 0 spiro atoms. The molecule has 5 heteroatoms. The minimum absolute atomic E-state index is 0.549. The van der Waals surface area contributed by atoms with Gasteiger partial charge in [0.2, 0.25) is 0 Å². The Morgan fingerprint density at radius 2 is 2.00 bits per heavy atom. The molecule has 1 heterocycles. The molecule has 0 aliphatic heterocycles. The molecule has 2 aromatic rings. The van der Waals surface area contributed by atoms with Crippen LogP contribution in [-0.2, 0) is 12.8 Å². The number of hydrogen-bond donors (Lipinski definition) is 1. The molecule has 0 radical (unpaired) electrons. The van der Waals surface area contributed by atoms with E-state index in [9.17, 15) is 0 Å². The number of hydrogen-bond acceptors (Lipinski definition) is 4. The van der Waals surface area contributed by atoms with Crippen molar-refractivity contribution in [3.8, 4) is 5.69 Å². The van der Waals surface area contributed by atoms with Gasteiger partial charge in [0.25, 0.3) is 0 Å². The molecule has 84 valence electrons. The molecule has 16 heavy (non-hydrogen) atoms. The maximum Gasteiger partial charge on any atom is 0.157 e. The van der Waals surface area contributed by atoms with E-state index in [-0.39, 0.29) is 0 Å². The van der Waals surface area contributed by atoms with Crippen molar-refractivity contribution in [2.75, 3.05) is 6.54 Å². The Morgan fingerprint density at radius 3 is 2.62 bits per heavy atom. The van der Waals surface area contributed by atoms with E-state index in [4.69, 9.17) is 5.73 Å². The summed E-state index contributed by atoms with van der Waals surface area (Å²) in [6, 6.07) is 8.22. The molecule has 0 amide bonds. The first-order valence-corrected chi connectivity index (χ1v) is 5.41. The second kappa shape index (κ2) is 4.85. The molecule has 2 rings (SSSR count). The predicted molar refractivity (Wildman–Crippen MR) is 61.3 cm³/mol. The molecule has 0 fully saturated rings. The van der Waals surface area contributed by atoms with Crippen molar-refractivity contribution >= 4 is 0 Å². The van der Waals surface area contributed by atoms with E-state index in [1.807, 2.05) is 12.1 Å². The number of aryl methyl sites for hydroxylation is 1. The van der Waals surface area contributed by atoms with Crippen molar-refractivity contribution < 1.29 is 0 Å². The Bertz CT molecular complexity index is 446. The van der Waals surface area contributed by atoms with Crippen LogP contribution in [0.4, 0.5) is 0 Å². The van der Waals surface area contributed by atoms with E-state index in [0.29, 0.717) is 13.0 Å². The van der Waals surface area contributed by atoms with Gasteiger partial charge in [-0.1, -0.05) is 19.1 Å². The zero-order valence-corrected chi connectivity index (χ0v) is 9.30. The second-order valence-electron chi connectivity index (χ2n) is 3.57. The maximum absolute atomic E-state index is 5.50. The molecule has 0 aliphatic carbocycles. The fourth-order valence-corrected chi connectivity index (χ4v) is 1.56.